The van der Waals surface area contributed by atoms with Crippen molar-refractivity contribution in [1.29, 1.82) is 0 Å². The summed E-state index contributed by atoms with van der Waals surface area (Å²) in [5, 5.41) is 9.75. The van der Waals surface area contributed by atoms with Crippen LogP contribution in [0.25, 0.3) is 0 Å². The van der Waals surface area contributed by atoms with Crippen LogP contribution in [0.5, 0.6) is 0 Å². The number of nitrogens with zero attached hydrogens (tertiary/aromatic N) is 4. The van der Waals surface area contributed by atoms with Crippen LogP contribution >= 0.6 is 0 Å². The van der Waals surface area contributed by atoms with Crippen molar-refractivity contribution in [3.05, 3.63) is 42.0 Å². The van der Waals surface area contributed by atoms with Gasteiger partial charge in [0, 0.05) is 32.7 Å². The van der Waals surface area contributed by atoms with Gasteiger partial charge in [0.2, 0.25) is 5.91 Å². The first-order valence-corrected chi connectivity index (χ1v) is 8.65. The molecule has 2 rings (SSSR count). The van der Waals surface area contributed by atoms with Gasteiger partial charge in [0.1, 0.15) is 12.2 Å². The highest BCUT2D eigenvalue weighted by Gasteiger charge is 2.15. The summed E-state index contributed by atoms with van der Waals surface area (Å²) in [5.74, 6) is 0.809. The molecular weight excluding hydrogens is 332 g/mol. The Bertz CT molecular complexity index is 738. The van der Waals surface area contributed by atoms with Crippen LogP contribution in [0.15, 0.2) is 30.6 Å². The maximum absolute atomic E-state index is 12.2. The number of hydrogen-bond acceptors (Lipinski definition) is 4. The minimum absolute atomic E-state index is 0.0977. The highest BCUT2D eigenvalue weighted by Crippen LogP contribution is 2.13. The number of carbonyl (C=O) groups excluding carboxylic acids is 2. The molecule has 0 bridgehead atoms. The fourth-order valence-electron chi connectivity index (χ4n) is 2.51. The predicted octanol–water partition coefficient (Wildman–Crippen LogP) is 2.20. The molecule has 26 heavy (non-hydrogen) atoms. The number of anilines is 1. The van der Waals surface area contributed by atoms with Crippen LogP contribution in [0.3, 0.4) is 0 Å². The predicted molar refractivity (Wildman–Crippen MR) is 99.7 cm³/mol. The van der Waals surface area contributed by atoms with Crippen LogP contribution in [-0.2, 0) is 17.8 Å². The van der Waals surface area contributed by atoms with E-state index in [1.807, 2.05) is 38.1 Å². The molecule has 8 nitrogen and oxygen atoms in total. The van der Waals surface area contributed by atoms with Crippen molar-refractivity contribution in [1.82, 2.24) is 25.0 Å². The third-order valence-electron chi connectivity index (χ3n) is 4.02. The zero-order valence-electron chi connectivity index (χ0n) is 15.7. The van der Waals surface area contributed by atoms with Gasteiger partial charge in [0.15, 0.2) is 0 Å². The number of aromatic nitrogens is 3. The molecule has 140 valence electrons. The second-order valence-electron chi connectivity index (χ2n) is 6.24. The quantitative estimate of drug-likeness (QED) is 0.794. The van der Waals surface area contributed by atoms with Crippen LogP contribution in [0.1, 0.15) is 37.7 Å². The van der Waals surface area contributed by atoms with Crippen LogP contribution in [0, 0.1) is 0 Å². The molecule has 0 aliphatic carbocycles. The lowest BCUT2D eigenvalue weighted by atomic mass is 10.1. The smallest absolute Gasteiger partial charge is 0.319 e. The number of benzene rings is 1. The van der Waals surface area contributed by atoms with Crippen molar-refractivity contribution in [2.75, 3.05) is 19.4 Å². The van der Waals surface area contributed by atoms with E-state index in [1.54, 1.807) is 23.7 Å². The fourth-order valence-corrected chi connectivity index (χ4v) is 2.51. The average molecular weight is 358 g/mol. The number of urea groups is 1. The first-order chi connectivity index (χ1) is 12.4. The summed E-state index contributed by atoms with van der Waals surface area (Å²) < 4.78 is 1.74. The molecule has 0 saturated carbocycles. The second kappa shape index (κ2) is 8.98. The summed E-state index contributed by atoms with van der Waals surface area (Å²) in [6.45, 7) is 4.53. The Morgan fingerprint density at radius 3 is 2.54 bits per heavy atom. The van der Waals surface area contributed by atoms with Crippen molar-refractivity contribution in [2.45, 2.75) is 39.3 Å². The topological polar surface area (TPSA) is 92.1 Å². The zero-order valence-corrected chi connectivity index (χ0v) is 15.7. The zero-order chi connectivity index (χ0) is 19.1. The molecule has 0 fully saturated rings. The minimum Gasteiger partial charge on any atom is -0.349 e. The van der Waals surface area contributed by atoms with E-state index in [2.05, 4.69) is 20.7 Å². The molecule has 1 aromatic heterocycles. The molecule has 2 N–H and O–H groups in total. The Morgan fingerprint density at radius 1 is 1.23 bits per heavy atom. The first-order valence-electron chi connectivity index (χ1n) is 8.65. The van der Waals surface area contributed by atoms with Gasteiger partial charge < -0.3 is 15.5 Å². The lowest BCUT2D eigenvalue weighted by molar-refractivity contribution is -0.128. The molecular formula is C18H26N6O2. The van der Waals surface area contributed by atoms with Gasteiger partial charge in [-0.2, -0.15) is 5.10 Å². The number of nitrogens with one attached hydrogen (secondary N) is 2. The molecule has 0 radical (unpaired) electrons. The van der Waals surface area contributed by atoms with E-state index in [1.165, 1.54) is 6.33 Å². The van der Waals surface area contributed by atoms with Crippen molar-refractivity contribution in [3.8, 4) is 0 Å². The van der Waals surface area contributed by atoms with Gasteiger partial charge in [-0.1, -0.05) is 12.1 Å². The van der Waals surface area contributed by atoms with Gasteiger partial charge in [-0.25, -0.2) is 14.5 Å². The van der Waals surface area contributed by atoms with Crippen LogP contribution in [-0.4, -0.2) is 45.7 Å². The molecule has 8 heteroatoms. The van der Waals surface area contributed by atoms with Crippen molar-refractivity contribution < 1.29 is 9.59 Å². The SMILES string of the molecule is CCn1ncnc1[C@H](C)NC(=O)Nc1ccc(CCC(=O)N(C)C)cc1. The normalized spacial score (nSPS) is 11.7. The molecule has 0 saturated heterocycles. The Kier molecular flexibility index (Phi) is 6.71. The second-order valence-corrected chi connectivity index (χ2v) is 6.24. The highest BCUT2D eigenvalue weighted by atomic mass is 16.2. The average Bonchev–Trinajstić information content (AvgIpc) is 3.09. The molecule has 2 aromatic rings. The van der Waals surface area contributed by atoms with Gasteiger partial charge in [0.25, 0.3) is 0 Å². The lowest BCUT2D eigenvalue weighted by Crippen LogP contribution is -2.32. The van der Waals surface area contributed by atoms with Gasteiger partial charge in [-0.05, 0) is 38.0 Å². The van der Waals surface area contributed by atoms with E-state index in [-0.39, 0.29) is 18.0 Å². The Labute approximate surface area is 153 Å². The fraction of sp³-hybridized carbons (Fsp3) is 0.444. The number of rotatable bonds is 7. The van der Waals surface area contributed by atoms with E-state index in [9.17, 15) is 9.59 Å². The van der Waals surface area contributed by atoms with E-state index in [0.29, 0.717) is 30.9 Å². The summed E-state index contributed by atoms with van der Waals surface area (Å²) in [5.41, 5.74) is 1.74. The molecule has 0 aliphatic heterocycles. The van der Waals surface area contributed by atoms with Gasteiger partial charge in [-0.15, -0.1) is 0 Å². The van der Waals surface area contributed by atoms with E-state index < -0.39 is 0 Å². The molecule has 3 amide bonds. The molecule has 0 aliphatic rings. The molecule has 0 unspecified atom stereocenters. The van der Waals surface area contributed by atoms with E-state index >= 15 is 0 Å². The van der Waals surface area contributed by atoms with Gasteiger partial charge >= 0.3 is 6.03 Å². The molecule has 1 heterocycles. The Morgan fingerprint density at radius 2 is 1.92 bits per heavy atom. The van der Waals surface area contributed by atoms with Crippen LogP contribution < -0.4 is 10.6 Å². The van der Waals surface area contributed by atoms with Gasteiger partial charge in [-0.3, -0.25) is 4.79 Å². The summed E-state index contributed by atoms with van der Waals surface area (Å²) in [4.78, 5) is 29.6. The van der Waals surface area contributed by atoms with Gasteiger partial charge in [0.05, 0.1) is 6.04 Å². The van der Waals surface area contributed by atoms with Crippen LogP contribution in [0.2, 0.25) is 0 Å². The van der Waals surface area contributed by atoms with E-state index in [0.717, 1.165) is 5.56 Å². The number of hydrogen-bond donors (Lipinski definition) is 2. The van der Waals surface area contributed by atoms with Crippen molar-refractivity contribution in [3.63, 3.8) is 0 Å². The highest BCUT2D eigenvalue weighted by molar-refractivity contribution is 5.89. The Balaban J connectivity index is 1.86. The third-order valence-corrected chi connectivity index (χ3v) is 4.02. The summed E-state index contributed by atoms with van der Waals surface area (Å²) in [6.07, 6.45) is 2.62. The maximum atomic E-state index is 12.2. The summed E-state index contributed by atoms with van der Waals surface area (Å²) >= 11 is 0. The van der Waals surface area contributed by atoms with E-state index in [4.69, 9.17) is 0 Å². The van der Waals surface area contributed by atoms with Crippen molar-refractivity contribution in [2.24, 2.45) is 0 Å². The standard InChI is InChI=1S/C18H26N6O2/c1-5-24-17(19-12-20-24)13(2)21-18(26)22-15-9-6-14(7-10-15)8-11-16(25)23(3)4/h6-7,9-10,12-13H,5,8,11H2,1-4H3,(H2,21,22,26)/t13-/m0/s1. The number of carbonyl (C=O) groups is 2. The van der Waals surface area contributed by atoms with Crippen LogP contribution in [0.4, 0.5) is 10.5 Å². The first kappa shape index (κ1) is 19.4. The number of amides is 3. The number of aryl methyl sites for hydroxylation is 2. The lowest BCUT2D eigenvalue weighted by Gasteiger charge is -2.15. The third kappa shape index (κ3) is 5.30. The minimum atomic E-state index is -0.307. The monoisotopic (exact) mass is 358 g/mol. The van der Waals surface area contributed by atoms with Crippen molar-refractivity contribution >= 4 is 17.6 Å². The molecule has 1 atom stereocenters. The maximum Gasteiger partial charge on any atom is 0.319 e. The largest absolute Gasteiger partial charge is 0.349 e. The molecule has 1 aromatic carbocycles. The Hall–Kier alpha value is -2.90. The summed E-state index contributed by atoms with van der Waals surface area (Å²) in [7, 11) is 3.50. The summed E-state index contributed by atoms with van der Waals surface area (Å²) in [6, 6.07) is 6.92. The molecule has 0 spiro atoms.